The highest BCUT2D eigenvalue weighted by molar-refractivity contribution is 6.31. The maximum Gasteiger partial charge on any atom is 0.135 e. The van der Waals surface area contributed by atoms with Crippen molar-refractivity contribution in [3.8, 4) is 0 Å². The highest BCUT2D eigenvalue weighted by Gasteiger charge is 2.04. The van der Waals surface area contributed by atoms with Crippen LogP contribution >= 0.6 is 11.6 Å². The maximum atomic E-state index is 8.78. The van der Waals surface area contributed by atoms with E-state index < -0.39 is 0 Å². The van der Waals surface area contributed by atoms with Crippen LogP contribution in [0.1, 0.15) is 5.56 Å². The minimum Gasteiger partial charge on any atom is -0.464 e. The van der Waals surface area contributed by atoms with Gasteiger partial charge in [-0.2, -0.15) is 0 Å². The van der Waals surface area contributed by atoms with Crippen molar-refractivity contribution in [3.63, 3.8) is 0 Å². The molecule has 3 heteroatoms. The highest BCUT2D eigenvalue weighted by atomic mass is 35.5. The largest absolute Gasteiger partial charge is 0.464 e. The molecule has 1 aromatic heterocycles. The van der Waals surface area contributed by atoms with E-state index in [4.69, 9.17) is 21.1 Å². The van der Waals surface area contributed by atoms with Crippen molar-refractivity contribution in [2.24, 2.45) is 0 Å². The second-order valence-electron chi connectivity index (χ2n) is 2.88. The molecule has 0 radical (unpaired) electrons. The predicted molar refractivity (Wildman–Crippen MR) is 52.0 cm³/mol. The summed E-state index contributed by atoms with van der Waals surface area (Å²) >= 11 is 5.80. The van der Waals surface area contributed by atoms with Crippen molar-refractivity contribution < 1.29 is 9.52 Å². The zero-order valence-corrected chi connectivity index (χ0v) is 7.71. The molecular weight excluding hydrogens is 188 g/mol. The third-order valence-electron chi connectivity index (χ3n) is 2.00. The predicted octanol–water partition coefficient (Wildman–Crippen LogP) is 2.62. The first-order valence-electron chi connectivity index (χ1n) is 4.08. The lowest BCUT2D eigenvalue weighted by Gasteiger charge is -1.93. The average molecular weight is 197 g/mol. The Labute approximate surface area is 80.7 Å². The number of hydrogen-bond acceptors (Lipinski definition) is 2. The smallest absolute Gasteiger partial charge is 0.135 e. The minimum absolute atomic E-state index is 0.136. The van der Waals surface area contributed by atoms with E-state index in [2.05, 4.69) is 0 Å². The standard InChI is InChI=1S/C10H9ClO2/c11-8-1-2-9-7(3-4-12)6-13-10(9)5-8/h1-2,5-6,12H,3-4H2. The molecule has 0 amide bonds. The van der Waals surface area contributed by atoms with E-state index in [1.54, 1.807) is 12.3 Å². The number of aliphatic hydroxyl groups excluding tert-OH is 1. The van der Waals surface area contributed by atoms with Crippen molar-refractivity contribution in [1.29, 1.82) is 0 Å². The number of aliphatic hydroxyl groups is 1. The van der Waals surface area contributed by atoms with Crippen LogP contribution in [0.4, 0.5) is 0 Å². The van der Waals surface area contributed by atoms with Gasteiger partial charge in [0.1, 0.15) is 5.58 Å². The van der Waals surface area contributed by atoms with Gasteiger partial charge in [-0.05, 0) is 24.6 Å². The topological polar surface area (TPSA) is 33.4 Å². The summed E-state index contributed by atoms with van der Waals surface area (Å²) in [6.45, 7) is 0.136. The van der Waals surface area contributed by atoms with Gasteiger partial charge in [0.25, 0.3) is 0 Å². The van der Waals surface area contributed by atoms with Crippen LogP contribution in [0.5, 0.6) is 0 Å². The molecule has 0 spiro atoms. The van der Waals surface area contributed by atoms with Crippen molar-refractivity contribution in [2.45, 2.75) is 6.42 Å². The Balaban J connectivity index is 2.55. The average Bonchev–Trinajstić information content (AvgIpc) is 2.49. The fourth-order valence-corrected chi connectivity index (χ4v) is 1.53. The molecule has 0 saturated heterocycles. The van der Waals surface area contributed by atoms with E-state index in [-0.39, 0.29) is 6.61 Å². The molecule has 0 fully saturated rings. The molecule has 0 saturated carbocycles. The molecule has 0 atom stereocenters. The number of fused-ring (bicyclic) bond motifs is 1. The Hall–Kier alpha value is -0.990. The van der Waals surface area contributed by atoms with E-state index in [9.17, 15) is 0 Å². The van der Waals surface area contributed by atoms with Crippen LogP contribution in [-0.2, 0) is 6.42 Å². The first-order valence-corrected chi connectivity index (χ1v) is 4.45. The first-order chi connectivity index (χ1) is 6.31. The van der Waals surface area contributed by atoms with Crippen LogP contribution in [0, 0.1) is 0 Å². The Morgan fingerprint density at radius 2 is 2.23 bits per heavy atom. The van der Waals surface area contributed by atoms with Gasteiger partial charge in [0, 0.05) is 22.6 Å². The van der Waals surface area contributed by atoms with Crippen LogP contribution in [-0.4, -0.2) is 11.7 Å². The molecule has 0 aliphatic carbocycles. The van der Waals surface area contributed by atoms with Gasteiger partial charge in [0.05, 0.1) is 6.26 Å². The molecule has 1 aromatic carbocycles. The zero-order chi connectivity index (χ0) is 9.26. The summed E-state index contributed by atoms with van der Waals surface area (Å²) in [5.74, 6) is 0. The van der Waals surface area contributed by atoms with Gasteiger partial charge in [-0.25, -0.2) is 0 Å². The van der Waals surface area contributed by atoms with Crippen LogP contribution in [0.15, 0.2) is 28.9 Å². The Bertz CT molecular complexity index is 420. The van der Waals surface area contributed by atoms with Gasteiger partial charge < -0.3 is 9.52 Å². The monoisotopic (exact) mass is 196 g/mol. The summed E-state index contributed by atoms with van der Waals surface area (Å²) in [5.41, 5.74) is 1.80. The first kappa shape index (κ1) is 8.60. The lowest BCUT2D eigenvalue weighted by molar-refractivity contribution is 0.299. The zero-order valence-electron chi connectivity index (χ0n) is 6.96. The number of furan rings is 1. The summed E-state index contributed by atoms with van der Waals surface area (Å²) in [7, 11) is 0. The second-order valence-corrected chi connectivity index (χ2v) is 3.31. The number of rotatable bonds is 2. The summed E-state index contributed by atoms with van der Waals surface area (Å²) in [6.07, 6.45) is 2.28. The summed E-state index contributed by atoms with van der Waals surface area (Å²) in [6, 6.07) is 5.50. The van der Waals surface area contributed by atoms with Gasteiger partial charge in [0.2, 0.25) is 0 Å². The summed E-state index contributed by atoms with van der Waals surface area (Å²) in [5, 5.41) is 10.5. The van der Waals surface area contributed by atoms with E-state index in [1.165, 1.54) is 0 Å². The maximum absolute atomic E-state index is 8.78. The lowest BCUT2D eigenvalue weighted by atomic mass is 10.1. The Morgan fingerprint density at radius 1 is 1.38 bits per heavy atom. The number of halogens is 1. The molecule has 68 valence electrons. The highest BCUT2D eigenvalue weighted by Crippen LogP contribution is 2.24. The van der Waals surface area contributed by atoms with Gasteiger partial charge in [0.15, 0.2) is 0 Å². The third-order valence-corrected chi connectivity index (χ3v) is 2.23. The van der Waals surface area contributed by atoms with Crippen molar-refractivity contribution >= 4 is 22.6 Å². The molecule has 2 rings (SSSR count). The van der Waals surface area contributed by atoms with Crippen molar-refractivity contribution in [2.75, 3.05) is 6.61 Å². The third kappa shape index (κ3) is 1.55. The molecule has 0 bridgehead atoms. The lowest BCUT2D eigenvalue weighted by Crippen LogP contribution is -1.87. The van der Waals surface area contributed by atoms with Crippen LogP contribution in [0.25, 0.3) is 11.0 Å². The Morgan fingerprint density at radius 3 is 3.00 bits per heavy atom. The van der Waals surface area contributed by atoms with E-state index in [1.807, 2.05) is 12.1 Å². The van der Waals surface area contributed by atoms with Crippen molar-refractivity contribution in [1.82, 2.24) is 0 Å². The molecule has 0 unspecified atom stereocenters. The molecule has 1 heterocycles. The van der Waals surface area contributed by atoms with Crippen LogP contribution < -0.4 is 0 Å². The SMILES string of the molecule is OCCc1coc2cc(Cl)ccc12. The van der Waals surface area contributed by atoms with Crippen LogP contribution in [0.3, 0.4) is 0 Å². The normalized spacial score (nSPS) is 10.9. The van der Waals surface area contributed by atoms with E-state index >= 15 is 0 Å². The van der Waals surface area contributed by atoms with E-state index in [0.717, 1.165) is 16.5 Å². The van der Waals surface area contributed by atoms with Gasteiger partial charge in [-0.1, -0.05) is 11.6 Å². The van der Waals surface area contributed by atoms with E-state index in [0.29, 0.717) is 11.4 Å². The summed E-state index contributed by atoms with van der Waals surface area (Å²) in [4.78, 5) is 0. The fourth-order valence-electron chi connectivity index (χ4n) is 1.37. The second kappa shape index (κ2) is 3.40. The van der Waals surface area contributed by atoms with Gasteiger partial charge >= 0.3 is 0 Å². The quantitative estimate of drug-likeness (QED) is 0.801. The molecule has 1 N–H and O–H groups in total. The molecule has 13 heavy (non-hydrogen) atoms. The molecule has 0 aliphatic heterocycles. The molecule has 2 aromatic rings. The van der Waals surface area contributed by atoms with Gasteiger partial charge in [-0.3, -0.25) is 0 Å². The Kier molecular flexibility index (Phi) is 2.25. The number of hydrogen-bond donors (Lipinski definition) is 1. The number of benzene rings is 1. The summed E-state index contributed by atoms with van der Waals surface area (Å²) < 4.78 is 5.29. The van der Waals surface area contributed by atoms with Gasteiger partial charge in [-0.15, -0.1) is 0 Å². The van der Waals surface area contributed by atoms with Crippen LogP contribution in [0.2, 0.25) is 5.02 Å². The minimum atomic E-state index is 0.136. The fraction of sp³-hybridized carbons (Fsp3) is 0.200. The molecular formula is C10H9ClO2. The molecule has 2 nitrogen and oxygen atoms in total. The van der Waals surface area contributed by atoms with Crippen molar-refractivity contribution in [3.05, 3.63) is 35.0 Å². The molecule has 0 aliphatic rings.